The molecule has 3 aromatic rings. The van der Waals surface area contributed by atoms with Crippen molar-refractivity contribution in [3.8, 4) is 11.3 Å². The van der Waals surface area contributed by atoms with E-state index >= 15 is 0 Å². The molecule has 0 N–H and O–H groups in total. The normalized spacial score (nSPS) is 10.6. The molecule has 1 aromatic heterocycles. The molecule has 1 heterocycles. The Hall–Kier alpha value is -2.68. The maximum Gasteiger partial charge on any atom is 0.150 e. The van der Waals surface area contributed by atoms with E-state index in [0.717, 1.165) is 34.1 Å². The first kappa shape index (κ1) is 13.3. The lowest BCUT2D eigenvalue weighted by Gasteiger charge is -2.13. The zero-order valence-corrected chi connectivity index (χ0v) is 12.1. The van der Waals surface area contributed by atoms with Crippen LogP contribution in [0.25, 0.3) is 22.2 Å². The molecule has 0 aliphatic heterocycles. The van der Waals surface area contributed by atoms with Crippen molar-refractivity contribution in [3.63, 3.8) is 0 Å². The number of hydrogen-bond acceptors (Lipinski definition) is 3. The van der Waals surface area contributed by atoms with Gasteiger partial charge in [-0.3, -0.25) is 4.79 Å². The first-order valence-electron chi connectivity index (χ1n) is 6.82. The molecule has 0 saturated carbocycles. The summed E-state index contributed by atoms with van der Waals surface area (Å²) in [5.74, 6) is 0. The smallest absolute Gasteiger partial charge is 0.150 e. The van der Waals surface area contributed by atoms with Crippen molar-refractivity contribution < 1.29 is 4.79 Å². The second kappa shape index (κ2) is 5.37. The summed E-state index contributed by atoms with van der Waals surface area (Å²) in [4.78, 5) is 18.0. The van der Waals surface area contributed by atoms with Crippen molar-refractivity contribution >= 4 is 22.9 Å². The van der Waals surface area contributed by atoms with Crippen molar-refractivity contribution in [2.24, 2.45) is 0 Å². The summed E-state index contributed by atoms with van der Waals surface area (Å²) >= 11 is 0. The maximum absolute atomic E-state index is 11.3. The molecule has 0 spiro atoms. The van der Waals surface area contributed by atoms with Crippen LogP contribution in [0.1, 0.15) is 10.4 Å². The number of carbonyl (C=O) groups excluding carboxylic acids is 1. The first-order chi connectivity index (χ1) is 10.2. The van der Waals surface area contributed by atoms with Gasteiger partial charge in [0.15, 0.2) is 6.29 Å². The van der Waals surface area contributed by atoms with Gasteiger partial charge in [-0.05, 0) is 24.3 Å². The summed E-state index contributed by atoms with van der Waals surface area (Å²) < 4.78 is 0. The fourth-order valence-corrected chi connectivity index (χ4v) is 2.38. The maximum atomic E-state index is 11.3. The molecule has 0 aliphatic carbocycles. The van der Waals surface area contributed by atoms with E-state index in [1.54, 1.807) is 0 Å². The van der Waals surface area contributed by atoms with Crippen LogP contribution in [0.3, 0.4) is 0 Å². The van der Waals surface area contributed by atoms with Gasteiger partial charge in [0.25, 0.3) is 0 Å². The largest absolute Gasteiger partial charge is 0.378 e. The number of anilines is 1. The molecule has 0 bridgehead atoms. The van der Waals surface area contributed by atoms with Crippen LogP contribution in [0.15, 0.2) is 54.6 Å². The number of benzene rings is 2. The zero-order chi connectivity index (χ0) is 14.8. The van der Waals surface area contributed by atoms with Crippen LogP contribution in [-0.4, -0.2) is 25.4 Å². The lowest BCUT2D eigenvalue weighted by molar-refractivity contribution is 0.112. The van der Waals surface area contributed by atoms with Crippen LogP contribution in [0, 0.1) is 0 Å². The highest BCUT2D eigenvalue weighted by Crippen LogP contribution is 2.25. The van der Waals surface area contributed by atoms with Crippen LogP contribution in [0.5, 0.6) is 0 Å². The highest BCUT2D eigenvalue weighted by atomic mass is 16.1. The van der Waals surface area contributed by atoms with Gasteiger partial charge in [-0.2, -0.15) is 0 Å². The second-order valence-corrected chi connectivity index (χ2v) is 5.17. The summed E-state index contributed by atoms with van der Waals surface area (Å²) in [5.41, 5.74) is 4.48. The van der Waals surface area contributed by atoms with Gasteiger partial charge in [-0.1, -0.05) is 30.3 Å². The number of fused-ring (bicyclic) bond motifs is 1. The molecule has 0 atom stereocenters. The predicted molar refractivity (Wildman–Crippen MR) is 86.9 cm³/mol. The van der Waals surface area contributed by atoms with Gasteiger partial charge in [0.05, 0.1) is 11.2 Å². The molecule has 3 heteroatoms. The number of aldehydes is 1. The second-order valence-electron chi connectivity index (χ2n) is 5.17. The Balaban J connectivity index is 2.13. The predicted octanol–water partition coefficient (Wildman–Crippen LogP) is 3.78. The van der Waals surface area contributed by atoms with Gasteiger partial charge in [0.2, 0.25) is 0 Å². The van der Waals surface area contributed by atoms with Crippen molar-refractivity contribution in [3.05, 3.63) is 60.2 Å². The number of para-hydroxylation sites is 1. The van der Waals surface area contributed by atoms with E-state index in [1.165, 1.54) is 0 Å². The quantitative estimate of drug-likeness (QED) is 0.683. The average molecular weight is 276 g/mol. The van der Waals surface area contributed by atoms with Crippen LogP contribution < -0.4 is 4.90 Å². The minimum absolute atomic E-state index is 0.673. The Morgan fingerprint density at radius 3 is 2.38 bits per heavy atom. The molecule has 0 saturated heterocycles. The van der Waals surface area contributed by atoms with Crippen LogP contribution >= 0.6 is 0 Å². The monoisotopic (exact) mass is 276 g/mol. The highest BCUT2D eigenvalue weighted by Gasteiger charge is 2.07. The summed E-state index contributed by atoms with van der Waals surface area (Å²) in [6.45, 7) is 0. The van der Waals surface area contributed by atoms with Crippen molar-refractivity contribution in [1.82, 2.24) is 4.98 Å². The van der Waals surface area contributed by atoms with Crippen molar-refractivity contribution in [2.75, 3.05) is 19.0 Å². The zero-order valence-electron chi connectivity index (χ0n) is 12.1. The minimum atomic E-state index is 0.673. The van der Waals surface area contributed by atoms with Gasteiger partial charge in [0, 0.05) is 36.3 Å². The number of rotatable bonds is 3. The molecule has 0 unspecified atom stereocenters. The van der Waals surface area contributed by atoms with E-state index in [0.29, 0.717) is 5.56 Å². The SMILES string of the molecule is CN(C)c1ccc(-c2cc(C=O)c3ccccc3n2)cc1. The van der Waals surface area contributed by atoms with E-state index in [2.05, 4.69) is 9.88 Å². The molecule has 3 rings (SSSR count). The van der Waals surface area contributed by atoms with Crippen LogP contribution in [-0.2, 0) is 0 Å². The Kier molecular flexibility index (Phi) is 3.40. The standard InChI is InChI=1S/C18H16N2O/c1-20(2)15-9-7-13(8-10-15)18-11-14(12-21)16-5-3-4-6-17(16)19-18/h3-12H,1-2H3. The number of pyridine rings is 1. The average Bonchev–Trinajstić information content (AvgIpc) is 2.53. The van der Waals surface area contributed by atoms with E-state index in [-0.39, 0.29) is 0 Å². The molecule has 2 aromatic carbocycles. The summed E-state index contributed by atoms with van der Waals surface area (Å²) in [5, 5.41) is 0.890. The van der Waals surface area contributed by atoms with Gasteiger partial charge in [0.1, 0.15) is 0 Å². The lowest BCUT2D eigenvalue weighted by atomic mass is 10.0. The molecule has 104 valence electrons. The fourth-order valence-electron chi connectivity index (χ4n) is 2.38. The van der Waals surface area contributed by atoms with Gasteiger partial charge in [-0.15, -0.1) is 0 Å². The molecule has 3 nitrogen and oxygen atoms in total. The van der Waals surface area contributed by atoms with Crippen molar-refractivity contribution in [1.29, 1.82) is 0 Å². The molecule has 0 fully saturated rings. The molecule has 0 amide bonds. The number of carbonyl (C=O) groups is 1. The Morgan fingerprint density at radius 1 is 1.00 bits per heavy atom. The van der Waals surface area contributed by atoms with Gasteiger partial charge < -0.3 is 4.90 Å². The van der Waals surface area contributed by atoms with Crippen LogP contribution in [0.2, 0.25) is 0 Å². The van der Waals surface area contributed by atoms with Gasteiger partial charge >= 0.3 is 0 Å². The Labute approximate surface area is 123 Å². The minimum Gasteiger partial charge on any atom is -0.378 e. The lowest BCUT2D eigenvalue weighted by Crippen LogP contribution is -2.07. The summed E-state index contributed by atoms with van der Waals surface area (Å²) in [6, 6.07) is 17.7. The molecule has 21 heavy (non-hydrogen) atoms. The first-order valence-corrected chi connectivity index (χ1v) is 6.82. The number of nitrogens with zero attached hydrogens (tertiary/aromatic N) is 2. The number of hydrogen-bond donors (Lipinski definition) is 0. The topological polar surface area (TPSA) is 33.2 Å². The summed E-state index contributed by atoms with van der Waals surface area (Å²) in [7, 11) is 4.02. The fraction of sp³-hybridized carbons (Fsp3) is 0.111. The third-order valence-corrected chi connectivity index (χ3v) is 3.55. The van der Waals surface area contributed by atoms with E-state index in [1.807, 2.05) is 68.7 Å². The Bertz CT molecular complexity index is 792. The molecular weight excluding hydrogens is 260 g/mol. The molecule has 0 aliphatic rings. The summed E-state index contributed by atoms with van der Waals surface area (Å²) in [6.07, 6.45) is 0.891. The van der Waals surface area contributed by atoms with Crippen LogP contribution in [0.4, 0.5) is 5.69 Å². The molecule has 0 radical (unpaired) electrons. The van der Waals surface area contributed by atoms with E-state index in [9.17, 15) is 4.79 Å². The van der Waals surface area contributed by atoms with E-state index in [4.69, 9.17) is 0 Å². The van der Waals surface area contributed by atoms with E-state index < -0.39 is 0 Å². The third kappa shape index (κ3) is 2.50. The highest BCUT2D eigenvalue weighted by molar-refractivity contribution is 5.98. The third-order valence-electron chi connectivity index (χ3n) is 3.55. The van der Waals surface area contributed by atoms with Crippen molar-refractivity contribution in [2.45, 2.75) is 0 Å². The molecular formula is C18H16N2O. The van der Waals surface area contributed by atoms with Gasteiger partial charge in [-0.25, -0.2) is 4.98 Å². The Morgan fingerprint density at radius 2 is 1.71 bits per heavy atom. The number of aromatic nitrogens is 1.